The van der Waals surface area contributed by atoms with Crippen molar-refractivity contribution < 1.29 is 8.42 Å². The summed E-state index contributed by atoms with van der Waals surface area (Å²) in [5.74, 6) is 0. The molecule has 0 bridgehead atoms. The summed E-state index contributed by atoms with van der Waals surface area (Å²) >= 11 is 1.30. The molecule has 6 heteroatoms. The van der Waals surface area contributed by atoms with Crippen molar-refractivity contribution in [2.45, 2.75) is 17.6 Å². The van der Waals surface area contributed by atoms with E-state index in [4.69, 9.17) is 0 Å². The molecule has 1 aromatic carbocycles. The van der Waals surface area contributed by atoms with Crippen molar-refractivity contribution in [3.8, 4) is 0 Å². The quantitative estimate of drug-likeness (QED) is 0.919. The summed E-state index contributed by atoms with van der Waals surface area (Å²) in [6.07, 6.45) is 1.03. The van der Waals surface area contributed by atoms with Gasteiger partial charge in [-0.05, 0) is 37.1 Å². The number of para-hydroxylation sites is 1. The van der Waals surface area contributed by atoms with E-state index in [9.17, 15) is 8.42 Å². The lowest BCUT2D eigenvalue weighted by atomic mass is 10.2. The number of thiophene rings is 1. The van der Waals surface area contributed by atoms with Gasteiger partial charge < -0.3 is 4.90 Å². The Morgan fingerprint density at radius 1 is 1.24 bits per heavy atom. The van der Waals surface area contributed by atoms with E-state index in [1.807, 2.05) is 25.1 Å². The van der Waals surface area contributed by atoms with Crippen molar-refractivity contribution in [3.05, 3.63) is 46.8 Å². The minimum Gasteiger partial charge on any atom is -0.370 e. The van der Waals surface area contributed by atoms with E-state index in [2.05, 4.69) is 21.8 Å². The molecular formula is C15H18N2O2S2. The van der Waals surface area contributed by atoms with Gasteiger partial charge in [0.25, 0.3) is 0 Å². The lowest BCUT2D eigenvalue weighted by Gasteiger charge is -2.19. The number of hydrogen-bond donors (Lipinski definition) is 1. The van der Waals surface area contributed by atoms with E-state index in [0.29, 0.717) is 17.3 Å². The van der Waals surface area contributed by atoms with Gasteiger partial charge in [-0.15, -0.1) is 11.3 Å². The maximum absolute atomic E-state index is 12.1. The summed E-state index contributed by atoms with van der Waals surface area (Å²) in [6.45, 7) is 3.98. The first-order valence-electron chi connectivity index (χ1n) is 6.95. The van der Waals surface area contributed by atoms with Crippen LogP contribution in [0.5, 0.6) is 0 Å². The van der Waals surface area contributed by atoms with E-state index in [1.54, 1.807) is 6.07 Å². The van der Waals surface area contributed by atoms with Crippen LogP contribution in [0.15, 0.2) is 40.6 Å². The second-order valence-electron chi connectivity index (χ2n) is 5.13. The Kier molecular flexibility index (Phi) is 4.01. The zero-order chi connectivity index (χ0) is 14.9. The molecule has 2 aromatic rings. The summed E-state index contributed by atoms with van der Waals surface area (Å²) in [5.41, 5.74) is 2.57. The number of nitrogens with one attached hydrogen (secondary N) is 1. The van der Waals surface area contributed by atoms with Gasteiger partial charge in [-0.1, -0.05) is 18.2 Å². The second-order valence-corrected chi connectivity index (χ2v) is 8.41. The minimum atomic E-state index is -3.37. The first-order chi connectivity index (χ1) is 10.1. The number of hydrogen-bond acceptors (Lipinski definition) is 4. The molecule has 4 nitrogen and oxygen atoms in total. The summed E-state index contributed by atoms with van der Waals surface area (Å²) in [5, 5.41) is 0. The molecule has 3 rings (SSSR count). The Labute approximate surface area is 129 Å². The molecule has 0 saturated heterocycles. The van der Waals surface area contributed by atoms with Crippen LogP contribution in [0.4, 0.5) is 5.69 Å². The molecule has 21 heavy (non-hydrogen) atoms. The van der Waals surface area contributed by atoms with Crippen LogP contribution in [0.2, 0.25) is 0 Å². The molecule has 1 aliphatic heterocycles. The van der Waals surface area contributed by atoms with Gasteiger partial charge in [0, 0.05) is 30.2 Å². The largest absolute Gasteiger partial charge is 0.370 e. The Balaban J connectivity index is 1.60. The third kappa shape index (κ3) is 3.12. The first kappa shape index (κ1) is 14.6. The number of aryl methyl sites for hydroxylation is 1. The molecule has 1 aromatic heterocycles. The van der Waals surface area contributed by atoms with Crippen LogP contribution < -0.4 is 9.62 Å². The number of nitrogens with zero attached hydrogens (tertiary/aromatic N) is 1. The van der Waals surface area contributed by atoms with Gasteiger partial charge in [0.1, 0.15) is 4.21 Å². The predicted octanol–water partition coefficient (Wildman–Crippen LogP) is 2.40. The van der Waals surface area contributed by atoms with Crippen molar-refractivity contribution in [1.29, 1.82) is 0 Å². The van der Waals surface area contributed by atoms with Crippen molar-refractivity contribution in [2.24, 2.45) is 0 Å². The minimum absolute atomic E-state index is 0.391. The highest BCUT2D eigenvalue weighted by molar-refractivity contribution is 7.91. The molecule has 0 amide bonds. The average Bonchev–Trinajstić information content (AvgIpc) is 3.06. The molecule has 0 radical (unpaired) electrons. The standard InChI is InChI=1S/C15H18N2O2S2/c1-12-6-7-15(20-12)21(18,19)16-9-11-17-10-8-13-4-2-3-5-14(13)17/h2-7,16H,8-11H2,1H3. The van der Waals surface area contributed by atoms with E-state index >= 15 is 0 Å². The fourth-order valence-electron chi connectivity index (χ4n) is 2.58. The van der Waals surface area contributed by atoms with Crippen LogP contribution in [0.25, 0.3) is 0 Å². The van der Waals surface area contributed by atoms with Crippen LogP contribution in [0.1, 0.15) is 10.4 Å². The number of fused-ring (bicyclic) bond motifs is 1. The Morgan fingerprint density at radius 3 is 2.81 bits per heavy atom. The van der Waals surface area contributed by atoms with Crippen molar-refractivity contribution in [1.82, 2.24) is 4.72 Å². The topological polar surface area (TPSA) is 49.4 Å². The van der Waals surface area contributed by atoms with Gasteiger partial charge in [0.2, 0.25) is 10.0 Å². The Hall–Kier alpha value is -1.37. The molecule has 1 N–H and O–H groups in total. The van der Waals surface area contributed by atoms with E-state index < -0.39 is 10.0 Å². The van der Waals surface area contributed by atoms with Gasteiger partial charge in [0.15, 0.2) is 0 Å². The number of anilines is 1. The van der Waals surface area contributed by atoms with Crippen LogP contribution in [0, 0.1) is 6.92 Å². The summed E-state index contributed by atoms with van der Waals surface area (Å²) < 4.78 is 27.4. The maximum Gasteiger partial charge on any atom is 0.250 e. The zero-order valence-corrected chi connectivity index (χ0v) is 13.5. The molecule has 1 aliphatic rings. The number of sulfonamides is 1. The monoisotopic (exact) mass is 322 g/mol. The molecule has 0 fully saturated rings. The summed E-state index contributed by atoms with van der Waals surface area (Å²) in [4.78, 5) is 3.24. The average molecular weight is 322 g/mol. The van der Waals surface area contributed by atoms with Crippen LogP contribution in [-0.2, 0) is 16.4 Å². The van der Waals surface area contributed by atoms with E-state index in [0.717, 1.165) is 17.8 Å². The SMILES string of the molecule is Cc1ccc(S(=O)(=O)NCCN2CCc3ccccc32)s1. The fraction of sp³-hybridized carbons (Fsp3) is 0.333. The van der Waals surface area contributed by atoms with Crippen LogP contribution in [0.3, 0.4) is 0 Å². The first-order valence-corrected chi connectivity index (χ1v) is 9.25. The molecule has 0 spiro atoms. The fourth-order valence-corrected chi connectivity index (χ4v) is 4.93. The van der Waals surface area contributed by atoms with Gasteiger partial charge in [0.05, 0.1) is 0 Å². The number of benzene rings is 1. The molecule has 112 valence electrons. The smallest absolute Gasteiger partial charge is 0.250 e. The lowest BCUT2D eigenvalue weighted by molar-refractivity contribution is 0.583. The second kappa shape index (κ2) is 5.79. The van der Waals surface area contributed by atoms with Gasteiger partial charge >= 0.3 is 0 Å². The maximum atomic E-state index is 12.1. The molecule has 2 heterocycles. The van der Waals surface area contributed by atoms with Crippen molar-refractivity contribution in [2.75, 3.05) is 24.5 Å². The number of rotatable bonds is 5. The molecule has 0 aliphatic carbocycles. The Bertz CT molecular complexity index is 738. The van der Waals surface area contributed by atoms with Gasteiger partial charge in [-0.3, -0.25) is 0 Å². The highest BCUT2D eigenvalue weighted by atomic mass is 32.2. The van der Waals surface area contributed by atoms with E-state index in [1.165, 1.54) is 22.6 Å². The highest BCUT2D eigenvalue weighted by Crippen LogP contribution is 2.26. The third-order valence-electron chi connectivity index (χ3n) is 3.64. The van der Waals surface area contributed by atoms with Crippen LogP contribution >= 0.6 is 11.3 Å². The van der Waals surface area contributed by atoms with Crippen molar-refractivity contribution >= 4 is 27.0 Å². The third-order valence-corrected chi connectivity index (χ3v) is 6.59. The molecule has 0 unspecified atom stereocenters. The van der Waals surface area contributed by atoms with Gasteiger partial charge in [-0.2, -0.15) is 0 Å². The molecule has 0 saturated carbocycles. The molecule has 0 atom stereocenters. The predicted molar refractivity (Wildman–Crippen MR) is 86.6 cm³/mol. The zero-order valence-electron chi connectivity index (χ0n) is 11.9. The lowest BCUT2D eigenvalue weighted by Crippen LogP contribution is -2.33. The Morgan fingerprint density at radius 2 is 2.05 bits per heavy atom. The van der Waals surface area contributed by atoms with Crippen molar-refractivity contribution in [3.63, 3.8) is 0 Å². The summed E-state index contributed by atoms with van der Waals surface area (Å²) in [6, 6.07) is 11.8. The van der Waals surface area contributed by atoms with Crippen LogP contribution in [-0.4, -0.2) is 28.1 Å². The van der Waals surface area contributed by atoms with E-state index in [-0.39, 0.29) is 0 Å². The molecular weight excluding hydrogens is 304 g/mol. The van der Waals surface area contributed by atoms with Gasteiger partial charge in [-0.25, -0.2) is 13.1 Å². The highest BCUT2D eigenvalue weighted by Gasteiger charge is 2.20. The summed E-state index contributed by atoms with van der Waals surface area (Å²) in [7, 11) is -3.37. The normalized spacial score (nSPS) is 14.4.